The van der Waals surface area contributed by atoms with E-state index < -0.39 is 0 Å². The van der Waals surface area contributed by atoms with Gasteiger partial charge < -0.3 is 14.5 Å². The highest BCUT2D eigenvalue weighted by Gasteiger charge is 2.27. The number of amides is 1. The van der Waals surface area contributed by atoms with Gasteiger partial charge in [0.2, 0.25) is 5.91 Å². The van der Waals surface area contributed by atoms with Crippen LogP contribution in [0, 0.1) is 18.3 Å². The van der Waals surface area contributed by atoms with Crippen LogP contribution in [0.1, 0.15) is 11.1 Å². The third-order valence-corrected chi connectivity index (χ3v) is 7.11. The summed E-state index contributed by atoms with van der Waals surface area (Å²) in [5, 5.41) is 23.6. The zero-order valence-corrected chi connectivity index (χ0v) is 21.7. The van der Waals surface area contributed by atoms with E-state index in [9.17, 15) is 10.1 Å². The molecule has 0 saturated carbocycles. The molecule has 0 aliphatic carbocycles. The highest BCUT2D eigenvalue weighted by molar-refractivity contribution is 6.01. The summed E-state index contributed by atoms with van der Waals surface area (Å²) in [5.74, 6) is 1.17. The smallest absolute Gasteiger partial charge is 0.246 e. The molecule has 39 heavy (non-hydrogen) atoms. The number of anilines is 1. The quantitative estimate of drug-likeness (QED) is 0.345. The van der Waals surface area contributed by atoms with Crippen molar-refractivity contribution in [3.05, 3.63) is 72.7 Å². The fourth-order valence-corrected chi connectivity index (χ4v) is 5.14. The van der Waals surface area contributed by atoms with Crippen LogP contribution in [0.15, 0.2) is 61.6 Å². The number of nitriles is 1. The number of rotatable bonds is 5. The predicted octanol–water partition coefficient (Wildman–Crippen LogP) is 4.32. The Bertz CT molecular complexity index is 1790. The number of benzene rings is 2. The van der Waals surface area contributed by atoms with Crippen LogP contribution >= 0.6 is 0 Å². The van der Waals surface area contributed by atoms with Crippen LogP contribution < -0.4 is 9.64 Å². The average Bonchev–Trinajstić information content (AvgIpc) is 3.62. The lowest BCUT2D eigenvalue weighted by atomic mass is 10.0. The Hall–Kier alpha value is -5.17. The number of H-pyrrole nitrogens is 1. The predicted molar refractivity (Wildman–Crippen MR) is 149 cm³/mol. The van der Waals surface area contributed by atoms with Crippen LogP contribution in [0.25, 0.3) is 33.1 Å². The number of aromatic nitrogens is 5. The Morgan fingerprint density at radius 3 is 2.69 bits per heavy atom. The Labute approximate surface area is 224 Å². The molecule has 0 bridgehead atoms. The second-order valence-corrected chi connectivity index (χ2v) is 9.51. The Morgan fingerprint density at radius 2 is 1.97 bits per heavy atom. The molecule has 2 aromatic carbocycles. The lowest BCUT2D eigenvalue weighted by Crippen LogP contribution is -2.48. The molecule has 10 nitrogen and oxygen atoms in total. The fourth-order valence-electron chi connectivity index (χ4n) is 5.14. The summed E-state index contributed by atoms with van der Waals surface area (Å²) >= 11 is 0. The van der Waals surface area contributed by atoms with Crippen molar-refractivity contribution in [1.29, 1.82) is 5.26 Å². The topological polar surface area (TPSA) is 116 Å². The van der Waals surface area contributed by atoms with Crippen molar-refractivity contribution < 1.29 is 9.53 Å². The van der Waals surface area contributed by atoms with Gasteiger partial charge in [-0.15, -0.1) is 0 Å². The number of piperazine rings is 1. The van der Waals surface area contributed by atoms with Crippen LogP contribution in [0.5, 0.6) is 11.5 Å². The highest BCUT2D eigenvalue weighted by atomic mass is 16.5. The minimum atomic E-state index is -0.0923. The number of fused-ring (bicyclic) bond motifs is 2. The van der Waals surface area contributed by atoms with Gasteiger partial charge in [0.25, 0.3) is 0 Å². The van der Waals surface area contributed by atoms with Crippen LogP contribution in [-0.4, -0.2) is 61.9 Å². The molecule has 1 fully saturated rings. The van der Waals surface area contributed by atoms with Crippen molar-refractivity contribution in [1.82, 2.24) is 29.9 Å². The molecular formula is C29H26N8O2. The van der Waals surface area contributed by atoms with Crippen LogP contribution in [0.3, 0.4) is 0 Å². The molecule has 10 heteroatoms. The molecule has 4 heterocycles. The summed E-state index contributed by atoms with van der Waals surface area (Å²) in [6.07, 6.45) is 6.64. The molecule has 6 rings (SSSR count). The maximum atomic E-state index is 12.2. The molecule has 3 aromatic heterocycles. The van der Waals surface area contributed by atoms with Gasteiger partial charge in [0.1, 0.15) is 22.9 Å². The van der Waals surface area contributed by atoms with Crippen molar-refractivity contribution in [3.63, 3.8) is 0 Å². The zero-order chi connectivity index (χ0) is 27.1. The fraction of sp³-hybridized carbons (Fsp3) is 0.207. The maximum absolute atomic E-state index is 12.2. The standard InChI is InChI=1S/C29H26N8O2/c1-4-25(38)36-10-12-37(13-11-36)28-20-6-5-7-24(39-29-18(2)8-9-23-22(29)16-31-34-23)27(20)33-26(21(28)14-30)19-15-32-35(3)17-19/h4-9,15-17H,1,10-13H2,2-3H3,(H,31,34). The number of aryl methyl sites for hydroxylation is 2. The van der Waals surface area contributed by atoms with E-state index >= 15 is 0 Å². The third kappa shape index (κ3) is 4.14. The van der Waals surface area contributed by atoms with Crippen LogP contribution in [0.4, 0.5) is 5.69 Å². The van der Waals surface area contributed by atoms with Crippen molar-refractivity contribution in [2.45, 2.75) is 6.92 Å². The van der Waals surface area contributed by atoms with Crippen LogP contribution in [-0.2, 0) is 11.8 Å². The van der Waals surface area contributed by atoms with E-state index in [2.05, 4.69) is 32.8 Å². The van der Waals surface area contributed by atoms with Crippen molar-refractivity contribution in [3.8, 4) is 28.8 Å². The van der Waals surface area contributed by atoms with Gasteiger partial charge >= 0.3 is 0 Å². The summed E-state index contributed by atoms with van der Waals surface area (Å²) in [6.45, 7) is 7.79. The average molecular weight is 519 g/mol. The number of carbonyl (C=O) groups is 1. The normalized spacial score (nSPS) is 13.6. The first-order valence-corrected chi connectivity index (χ1v) is 12.6. The number of nitrogens with zero attached hydrogens (tertiary/aromatic N) is 7. The van der Waals surface area contributed by atoms with Gasteiger partial charge in [-0.05, 0) is 30.7 Å². The van der Waals surface area contributed by atoms with Crippen LogP contribution in [0.2, 0.25) is 0 Å². The zero-order valence-electron chi connectivity index (χ0n) is 21.7. The third-order valence-electron chi connectivity index (χ3n) is 7.11. The largest absolute Gasteiger partial charge is 0.454 e. The second-order valence-electron chi connectivity index (χ2n) is 9.51. The first-order valence-electron chi connectivity index (χ1n) is 12.6. The molecule has 1 aliphatic heterocycles. The number of aromatic amines is 1. The molecule has 1 saturated heterocycles. The summed E-state index contributed by atoms with van der Waals surface area (Å²) in [5.41, 5.74) is 4.98. The number of nitrogens with one attached hydrogen (secondary N) is 1. The molecule has 1 aliphatic rings. The molecular weight excluding hydrogens is 492 g/mol. The van der Waals surface area contributed by atoms with Gasteiger partial charge in [-0.3, -0.25) is 14.6 Å². The van der Waals surface area contributed by atoms with E-state index in [1.165, 1.54) is 6.08 Å². The van der Waals surface area contributed by atoms with Gasteiger partial charge in [-0.25, -0.2) is 4.98 Å². The lowest BCUT2D eigenvalue weighted by Gasteiger charge is -2.36. The number of carbonyl (C=O) groups excluding carboxylic acids is 1. The number of para-hydroxylation sites is 1. The Kier molecular flexibility index (Phi) is 5.96. The van der Waals surface area contributed by atoms with Gasteiger partial charge in [0.15, 0.2) is 5.75 Å². The highest BCUT2D eigenvalue weighted by Crippen LogP contribution is 2.41. The molecule has 5 aromatic rings. The van der Waals surface area contributed by atoms with Crippen molar-refractivity contribution >= 4 is 33.4 Å². The molecule has 0 radical (unpaired) electrons. The summed E-state index contributed by atoms with van der Waals surface area (Å²) in [7, 11) is 1.83. The van der Waals surface area contributed by atoms with E-state index in [4.69, 9.17) is 9.72 Å². The van der Waals surface area contributed by atoms with E-state index in [1.807, 2.05) is 50.5 Å². The number of pyridine rings is 1. The lowest BCUT2D eigenvalue weighted by molar-refractivity contribution is -0.126. The molecule has 1 N–H and O–H groups in total. The summed E-state index contributed by atoms with van der Waals surface area (Å²) in [4.78, 5) is 21.1. The van der Waals surface area contributed by atoms with E-state index in [0.717, 1.165) is 33.1 Å². The van der Waals surface area contributed by atoms with E-state index in [1.54, 1.807) is 22.0 Å². The Balaban J connectivity index is 1.54. The SMILES string of the molecule is C=CC(=O)N1CCN(c2c(C#N)c(-c3cnn(C)c3)nc3c(Oc4c(C)ccc5[nH]ncc45)cccc23)CC1. The molecule has 194 valence electrons. The van der Waals surface area contributed by atoms with Gasteiger partial charge in [0.05, 0.1) is 34.7 Å². The monoisotopic (exact) mass is 518 g/mol. The van der Waals surface area contributed by atoms with Crippen molar-refractivity contribution in [2.75, 3.05) is 31.1 Å². The van der Waals surface area contributed by atoms with E-state index in [0.29, 0.717) is 54.5 Å². The first-order chi connectivity index (χ1) is 19.0. The summed E-state index contributed by atoms with van der Waals surface area (Å²) < 4.78 is 8.25. The minimum Gasteiger partial charge on any atom is -0.454 e. The van der Waals surface area contributed by atoms with Gasteiger partial charge in [-0.2, -0.15) is 15.5 Å². The minimum absolute atomic E-state index is 0.0923. The number of ether oxygens (including phenoxy) is 1. The van der Waals surface area contributed by atoms with Crippen molar-refractivity contribution in [2.24, 2.45) is 7.05 Å². The number of hydrogen-bond acceptors (Lipinski definition) is 7. The molecule has 0 spiro atoms. The molecule has 0 atom stereocenters. The van der Waals surface area contributed by atoms with E-state index in [-0.39, 0.29) is 5.91 Å². The summed E-state index contributed by atoms with van der Waals surface area (Å²) in [6, 6.07) is 12.1. The molecule has 1 amide bonds. The first kappa shape index (κ1) is 24.2. The maximum Gasteiger partial charge on any atom is 0.246 e. The van der Waals surface area contributed by atoms with Gasteiger partial charge in [-0.1, -0.05) is 24.8 Å². The van der Waals surface area contributed by atoms with Gasteiger partial charge in [0, 0.05) is 50.4 Å². The number of hydrogen-bond donors (Lipinski definition) is 1. The Morgan fingerprint density at radius 1 is 1.15 bits per heavy atom. The second kappa shape index (κ2) is 9.61. The molecule has 0 unspecified atom stereocenters.